The Labute approximate surface area is 150 Å². The van der Waals surface area contributed by atoms with Crippen molar-refractivity contribution < 1.29 is 4.74 Å². The number of aliphatic imine (C=N–C) groups is 1. The van der Waals surface area contributed by atoms with E-state index in [1.54, 1.807) is 0 Å². The third-order valence-corrected chi connectivity index (χ3v) is 4.80. The number of aromatic amines is 1. The topological polar surface area (TPSA) is 52.7 Å². The van der Waals surface area contributed by atoms with E-state index in [2.05, 4.69) is 59.5 Å². The van der Waals surface area contributed by atoms with Crippen molar-refractivity contribution in [3.63, 3.8) is 0 Å². The average molecular weight is 342 g/mol. The van der Waals surface area contributed by atoms with Crippen molar-refractivity contribution in [1.29, 1.82) is 0 Å². The smallest absolute Gasteiger partial charge is 0.193 e. The van der Waals surface area contributed by atoms with Gasteiger partial charge in [0.2, 0.25) is 0 Å². The molecule has 2 aromatic rings. The fourth-order valence-electron chi connectivity index (χ4n) is 3.52. The first kappa shape index (κ1) is 17.8. The average Bonchev–Trinajstić information content (AvgIpc) is 3.05. The number of guanidine groups is 1. The van der Waals surface area contributed by atoms with E-state index in [4.69, 9.17) is 9.73 Å². The molecule has 0 unspecified atom stereocenters. The summed E-state index contributed by atoms with van der Waals surface area (Å²) in [6, 6.07) is 8.45. The molecule has 0 saturated carbocycles. The van der Waals surface area contributed by atoms with Gasteiger partial charge in [0.25, 0.3) is 0 Å². The Balaban J connectivity index is 1.59. The number of benzene rings is 1. The van der Waals surface area contributed by atoms with E-state index in [1.807, 2.05) is 0 Å². The van der Waals surface area contributed by atoms with Crippen molar-refractivity contribution in [2.24, 2.45) is 4.99 Å². The van der Waals surface area contributed by atoms with Crippen LogP contribution in [0.3, 0.4) is 0 Å². The van der Waals surface area contributed by atoms with Crippen LogP contribution in [0.4, 0.5) is 0 Å². The molecule has 5 heteroatoms. The third kappa shape index (κ3) is 4.54. The highest BCUT2D eigenvalue weighted by atomic mass is 16.5. The summed E-state index contributed by atoms with van der Waals surface area (Å²) in [4.78, 5) is 10.6. The van der Waals surface area contributed by atoms with Crippen molar-refractivity contribution in [3.8, 4) is 0 Å². The summed E-state index contributed by atoms with van der Waals surface area (Å²) < 4.78 is 5.75. The maximum atomic E-state index is 5.75. The Morgan fingerprint density at radius 3 is 2.84 bits per heavy atom. The lowest BCUT2D eigenvalue weighted by molar-refractivity contribution is 0.0264. The van der Waals surface area contributed by atoms with Crippen LogP contribution in [0.25, 0.3) is 10.9 Å². The maximum Gasteiger partial charge on any atom is 0.193 e. The molecule has 2 heterocycles. The van der Waals surface area contributed by atoms with Crippen LogP contribution in [0.5, 0.6) is 0 Å². The molecule has 3 rings (SSSR count). The monoisotopic (exact) mass is 342 g/mol. The fraction of sp³-hybridized carbons (Fsp3) is 0.550. The molecular weight excluding hydrogens is 312 g/mol. The molecule has 0 amide bonds. The van der Waals surface area contributed by atoms with Crippen LogP contribution >= 0.6 is 0 Å². The van der Waals surface area contributed by atoms with Crippen LogP contribution in [0.15, 0.2) is 35.5 Å². The number of H-pyrrole nitrogens is 1. The number of hydrogen-bond donors (Lipinski definition) is 2. The molecule has 1 aliphatic heterocycles. The number of piperidine rings is 1. The zero-order valence-corrected chi connectivity index (χ0v) is 15.4. The van der Waals surface area contributed by atoms with Crippen LogP contribution < -0.4 is 5.32 Å². The zero-order chi connectivity index (χ0) is 17.5. The number of hydrogen-bond acceptors (Lipinski definition) is 2. The highest BCUT2D eigenvalue weighted by Gasteiger charge is 2.21. The minimum absolute atomic E-state index is 0.412. The second-order valence-corrected chi connectivity index (χ2v) is 6.49. The van der Waals surface area contributed by atoms with E-state index >= 15 is 0 Å². The predicted octanol–water partition coefficient (Wildman–Crippen LogP) is 3.18. The number of likely N-dealkylation sites (tertiary alicyclic amines) is 1. The standard InChI is InChI=1S/C20H30N4O/c1-3-21-20(24-13-10-17(11-14-24)25-4-2)22-12-9-16-15-23-19-8-6-5-7-18(16)19/h5-8,15,17,23H,3-4,9-14H2,1-2H3,(H,21,22). The van der Waals surface area contributed by atoms with Gasteiger partial charge < -0.3 is 19.9 Å². The summed E-state index contributed by atoms with van der Waals surface area (Å²) >= 11 is 0. The molecule has 1 aromatic heterocycles. The van der Waals surface area contributed by atoms with E-state index in [-0.39, 0.29) is 0 Å². The van der Waals surface area contributed by atoms with E-state index in [0.29, 0.717) is 6.10 Å². The van der Waals surface area contributed by atoms with Gasteiger partial charge in [-0.15, -0.1) is 0 Å². The molecule has 1 aliphatic rings. The number of para-hydroxylation sites is 1. The summed E-state index contributed by atoms with van der Waals surface area (Å²) in [6.07, 6.45) is 5.64. The van der Waals surface area contributed by atoms with Gasteiger partial charge in [-0.05, 0) is 44.7 Å². The third-order valence-electron chi connectivity index (χ3n) is 4.80. The minimum Gasteiger partial charge on any atom is -0.378 e. The van der Waals surface area contributed by atoms with Crippen molar-refractivity contribution in [2.45, 2.75) is 39.2 Å². The Bertz CT molecular complexity index is 686. The SMILES string of the molecule is CCNC(=NCCc1c[nH]c2ccccc12)N1CCC(OCC)CC1. The first-order valence-electron chi connectivity index (χ1n) is 9.51. The molecule has 0 bridgehead atoms. The van der Waals surface area contributed by atoms with Gasteiger partial charge in [-0.2, -0.15) is 0 Å². The molecule has 25 heavy (non-hydrogen) atoms. The molecule has 0 spiro atoms. The van der Waals surface area contributed by atoms with E-state index < -0.39 is 0 Å². The highest BCUT2D eigenvalue weighted by molar-refractivity contribution is 5.83. The number of nitrogens with zero attached hydrogens (tertiary/aromatic N) is 2. The van der Waals surface area contributed by atoms with Gasteiger partial charge in [0, 0.05) is 49.9 Å². The van der Waals surface area contributed by atoms with Crippen LogP contribution in [-0.4, -0.2) is 54.7 Å². The van der Waals surface area contributed by atoms with E-state index in [9.17, 15) is 0 Å². The lowest BCUT2D eigenvalue weighted by atomic mass is 10.1. The van der Waals surface area contributed by atoms with E-state index in [0.717, 1.165) is 58.0 Å². The number of fused-ring (bicyclic) bond motifs is 1. The molecule has 1 saturated heterocycles. The number of rotatable bonds is 6. The molecule has 0 radical (unpaired) electrons. The summed E-state index contributed by atoms with van der Waals surface area (Å²) in [5.41, 5.74) is 2.54. The first-order chi connectivity index (χ1) is 12.3. The second-order valence-electron chi connectivity index (χ2n) is 6.49. The fourth-order valence-corrected chi connectivity index (χ4v) is 3.52. The van der Waals surface area contributed by atoms with Crippen LogP contribution in [0.1, 0.15) is 32.3 Å². The Morgan fingerprint density at radius 2 is 2.08 bits per heavy atom. The molecular formula is C20H30N4O. The van der Waals surface area contributed by atoms with Gasteiger partial charge in [-0.25, -0.2) is 0 Å². The quantitative estimate of drug-likeness (QED) is 0.626. The molecule has 1 fully saturated rings. The molecule has 0 aliphatic carbocycles. The van der Waals surface area contributed by atoms with Crippen molar-refractivity contribution in [2.75, 3.05) is 32.8 Å². The molecule has 5 nitrogen and oxygen atoms in total. The largest absolute Gasteiger partial charge is 0.378 e. The molecule has 1 aromatic carbocycles. The zero-order valence-electron chi connectivity index (χ0n) is 15.4. The number of aromatic nitrogens is 1. The van der Waals surface area contributed by atoms with Gasteiger partial charge in [-0.1, -0.05) is 18.2 Å². The Kier molecular flexibility index (Phi) is 6.34. The first-order valence-corrected chi connectivity index (χ1v) is 9.51. The number of ether oxygens (including phenoxy) is 1. The summed E-state index contributed by atoms with van der Waals surface area (Å²) in [6.45, 7) is 8.74. The highest BCUT2D eigenvalue weighted by Crippen LogP contribution is 2.18. The van der Waals surface area contributed by atoms with Crippen molar-refractivity contribution in [3.05, 3.63) is 36.0 Å². The molecule has 2 N–H and O–H groups in total. The van der Waals surface area contributed by atoms with Gasteiger partial charge >= 0.3 is 0 Å². The minimum atomic E-state index is 0.412. The van der Waals surface area contributed by atoms with Gasteiger partial charge in [-0.3, -0.25) is 4.99 Å². The summed E-state index contributed by atoms with van der Waals surface area (Å²) in [7, 11) is 0. The van der Waals surface area contributed by atoms with Gasteiger partial charge in [0.1, 0.15) is 0 Å². The summed E-state index contributed by atoms with van der Waals surface area (Å²) in [5, 5.41) is 4.75. The van der Waals surface area contributed by atoms with Gasteiger partial charge in [0.15, 0.2) is 5.96 Å². The second kappa shape index (κ2) is 8.90. The lowest BCUT2D eigenvalue weighted by Crippen LogP contribution is -2.47. The number of nitrogens with one attached hydrogen (secondary N) is 2. The predicted molar refractivity (Wildman–Crippen MR) is 104 cm³/mol. The lowest BCUT2D eigenvalue weighted by Gasteiger charge is -2.34. The maximum absolute atomic E-state index is 5.75. The van der Waals surface area contributed by atoms with Crippen molar-refractivity contribution in [1.82, 2.24) is 15.2 Å². The Hall–Kier alpha value is -2.01. The Morgan fingerprint density at radius 1 is 1.28 bits per heavy atom. The van der Waals surface area contributed by atoms with Crippen LogP contribution in [-0.2, 0) is 11.2 Å². The van der Waals surface area contributed by atoms with Crippen LogP contribution in [0, 0.1) is 0 Å². The summed E-state index contributed by atoms with van der Waals surface area (Å²) in [5.74, 6) is 1.04. The molecule has 136 valence electrons. The normalized spacial score (nSPS) is 16.6. The van der Waals surface area contributed by atoms with E-state index in [1.165, 1.54) is 16.5 Å². The molecule has 0 atom stereocenters. The van der Waals surface area contributed by atoms with Gasteiger partial charge in [0.05, 0.1) is 6.10 Å². The van der Waals surface area contributed by atoms with Crippen molar-refractivity contribution >= 4 is 16.9 Å². The van der Waals surface area contributed by atoms with Crippen LogP contribution in [0.2, 0.25) is 0 Å².